The van der Waals surface area contributed by atoms with Gasteiger partial charge in [-0.25, -0.2) is 0 Å². The monoisotopic (exact) mass is 225 g/mol. The molecule has 96 valence electrons. The second kappa shape index (κ2) is 8.11. The molecule has 0 unspecified atom stereocenters. The van der Waals surface area contributed by atoms with E-state index in [9.17, 15) is 0 Å². The van der Waals surface area contributed by atoms with Crippen LogP contribution in [0.4, 0.5) is 0 Å². The molecule has 0 aromatic rings. The van der Waals surface area contributed by atoms with E-state index >= 15 is 0 Å². The maximum absolute atomic E-state index is 6.34. The summed E-state index contributed by atoms with van der Waals surface area (Å²) in [6.07, 6.45) is 17.9. The van der Waals surface area contributed by atoms with E-state index in [4.69, 9.17) is 5.73 Å². The molecular formula is C15H31N. The molecule has 2 N–H and O–H groups in total. The highest BCUT2D eigenvalue weighted by Gasteiger charge is 2.27. The molecule has 1 saturated carbocycles. The third-order valence-electron chi connectivity index (χ3n) is 4.13. The Morgan fingerprint density at radius 2 is 1.31 bits per heavy atom. The predicted octanol–water partition coefficient (Wildman–Crippen LogP) is 4.79. The summed E-state index contributed by atoms with van der Waals surface area (Å²) in [5.74, 6) is 0. The van der Waals surface area contributed by atoms with Gasteiger partial charge in [0.25, 0.3) is 0 Å². The van der Waals surface area contributed by atoms with Crippen LogP contribution in [-0.4, -0.2) is 5.54 Å². The van der Waals surface area contributed by atoms with Crippen LogP contribution in [0.1, 0.15) is 90.4 Å². The maximum atomic E-state index is 6.34. The van der Waals surface area contributed by atoms with E-state index in [1.165, 1.54) is 83.5 Å². The fourth-order valence-corrected chi connectivity index (χ4v) is 2.94. The van der Waals surface area contributed by atoms with Gasteiger partial charge in [-0.15, -0.1) is 0 Å². The third kappa shape index (κ3) is 5.89. The van der Waals surface area contributed by atoms with Crippen LogP contribution in [0.25, 0.3) is 0 Å². The number of nitrogens with two attached hydrogens (primary N) is 1. The molecule has 1 aliphatic rings. The SMILES string of the molecule is CCCCCCCCCCC1(N)CCCC1. The second-order valence-electron chi connectivity index (χ2n) is 5.79. The Labute approximate surface area is 102 Å². The van der Waals surface area contributed by atoms with Crippen molar-refractivity contribution in [3.8, 4) is 0 Å². The molecule has 0 aromatic carbocycles. The molecule has 1 heteroatoms. The van der Waals surface area contributed by atoms with Gasteiger partial charge in [-0.2, -0.15) is 0 Å². The van der Waals surface area contributed by atoms with Crippen LogP contribution in [-0.2, 0) is 0 Å². The highest BCUT2D eigenvalue weighted by molar-refractivity contribution is 4.88. The molecule has 0 bridgehead atoms. The first-order valence-corrected chi connectivity index (χ1v) is 7.56. The summed E-state index contributed by atoms with van der Waals surface area (Å²) < 4.78 is 0. The smallest absolute Gasteiger partial charge is 0.0154 e. The number of unbranched alkanes of at least 4 members (excludes halogenated alkanes) is 7. The normalized spacial score (nSPS) is 19.1. The van der Waals surface area contributed by atoms with Crippen molar-refractivity contribution in [2.75, 3.05) is 0 Å². The van der Waals surface area contributed by atoms with Crippen molar-refractivity contribution in [1.29, 1.82) is 0 Å². The number of hydrogen-bond donors (Lipinski definition) is 1. The minimum absolute atomic E-state index is 0.238. The van der Waals surface area contributed by atoms with Gasteiger partial charge in [0, 0.05) is 5.54 Å². The van der Waals surface area contributed by atoms with Crippen LogP contribution in [0, 0.1) is 0 Å². The second-order valence-corrected chi connectivity index (χ2v) is 5.79. The third-order valence-corrected chi connectivity index (χ3v) is 4.13. The van der Waals surface area contributed by atoms with Crippen LogP contribution in [0.2, 0.25) is 0 Å². The van der Waals surface area contributed by atoms with Gasteiger partial charge in [-0.1, -0.05) is 71.1 Å². The number of rotatable bonds is 9. The predicted molar refractivity (Wildman–Crippen MR) is 72.6 cm³/mol. The number of hydrogen-bond acceptors (Lipinski definition) is 1. The minimum Gasteiger partial charge on any atom is -0.325 e. The molecule has 0 atom stereocenters. The first-order valence-electron chi connectivity index (χ1n) is 7.56. The first kappa shape index (κ1) is 14.0. The van der Waals surface area contributed by atoms with Gasteiger partial charge in [0.05, 0.1) is 0 Å². The van der Waals surface area contributed by atoms with Crippen LogP contribution in [0.15, 0.2) is 0 Å². The molecule has 1 nitrogen and oxygen atoms in total. The van der Waals surface area contributed by atoms with E-state index in [1.807, 2.05) is 0 Å². The van der Waals surface area contributed by atoms with Crippen molar-refractivity contribution in [2.45, 2.75) is 95.9 Å². The molecule has 0 saturated heterocycles. The van der Waals surface area contributed by atoms with E-state index < -0.39 is 0 Å². The zero-order valence-corrected chi connectivity index (χ0v) is 11.3. The highest BCUT2D eigenvalue weighted by Crippen LogP contribution is 2.31. The quantitative estimate of drug-likeness (QED) is 0.561. The van der Waals surface area contributed by atoms with Crippen molar-refractivity contribution >= 4 is 0 Å². The van der Waals surface area contributed by atoms with Gasteiger partial charge in [0.15, 0.2) is 0 Å². The first-order chi connectivity index (χ1) is 7.77. The van der Waals surface area contributed by atoms with E-state index in [1.54, 1.807) is 0 Å². The minimum atomic E-state index is 0.238. The van der Waals surface area contributed by atoms with E-state index in [2.05, 4.69) is 6.92 Å². The molecular weight excluding hydrogens is 194 g/mol. The summed E-state index contributed by atoms with van der Waals surface area (Å²) in [4.78, 5) is 0. The van der Waals surface area contributed by atoms with Gasteiger partial charge in [0.2, 0.25) is 0 Å². The van der Waals surface area contributed by atoms with Gasteiger partial charge >= 0.3 is 0 Å². The zero-order valence-electron chi connectivity index (χ0n) is 11.3. The lowest BCUT2D eigenvalue weighted by Crippen LogP contribution is -2.35. The summed E-state index contributed by atoms with van der Waals surface area (Å²) in [5, 5.41) is 0. The molecule has 1 rings (SSSR count). The average Bonchev–Trinajstić information content (AvgIpc) is 2.70. The van der Waals surface area contributed by atoms with Gasteiger partial charge in [0.1, 0.15) is 0 Å². The summed E-state index contributed by atoms with van der Waals surface area (Å²) in [6.45, 7) is 2.28. The Balaban J connectivity index is 1.84. The van der Waals surface area contributed by atoms with Crippen molar-refractivity contribution in [3.63, 3.8) is 0 Å². The van der Waals surface area contributed by atoms with Crippen LogP contribution >= 0.6 is 0 Å². The fourth-order valence-electron chi connectivity index (χ4n) is 2.94. The summed E-state index contributed by atoms with van der Waals surface area (Å²) in [7, 11) is 0. The van der Waals surface area contributed by atoms with E-state index in [0.29, 0.717) is 0 Å². The van der Waals surface area contributed by atoms with Crippen molar-refractivity contribution in [2.24, 2.45) is 5.73 Å². The van der Waals surface area contributed by atoms with Crippen molar-refractivity contribution in [3.05, 3.63) is 0 Å². The summed E-state index contributed by atoms with van der Waals surface area (Å²) in [5.41, 5.74) is 6.58. The molecule has 0 spiro atoms. The van der Waals surface area contributed by atoms with Gasteiger partial charge in [-0.3, -0.25) is 0 Å². The summed E-state index contributed by atoms with van der Waals surface area (Å²) in [6, 6.07) is 0. The largest absolute Gasteiger partial charge is 0.325 e. The molecule has 0 heterocycles. The molecule has 16 heavy (non-hydrogen) atoms. The molecule has 1 aliphatic carbocycles. The van der Waals surface area contributed by atoms with Crippen molar-refractivity contribution < 1.29 is 0 Å². The summed E-state index contributed by atoms with van der Waals surface area (Å²) >= 11 is 0. The van der Waals surface area contributed by atoms with Crippen LogP contribution in [0.3, 0.4) is 0 Å². The maximum Gasteiger partial charge on any atom is 0.0154 e. The lowest BCUT2D eigenvalue weighted by Gasteiger charge is -2.23. The Morgan fingerprint density at radius 3 is 1.88 bits per heavy atom. The lowest BCUT2D eigenvalue weighted by molar-refractivity contribution is 0.383. The van der Waals surface area contributed by atoms with E-state index in [-0.39, 0.29) is 5.54 Å². The Bertz CT molecular complexity index is 159. The highest BCUT2D eigenvalue weighted by atomic mass is 14.7. The zero-order chi connectivity index (χ0) is 11.7. The Morgan fingerprint density at radius 1 is 0.812 bits per heavy atom. The average molecular weight is 225 g/mol. The molecule has 0 aromatic heterocycles. The van der Waals surface area contributed by atoms with Crippen LogP contribution < -0.4 is 5.73 Å². The topological polar surface area (TPSA) is 26.0 Å². The Kier molecular flexibility index (Phi) is 7.11. The van der Waals surface area contributed by atoms with Gasteiger partial charge in [-0.05, 0) is 19.3 Å². The molecule has 0 amide bonds. The lowest BCUT2D eigenvalue weighted by atomic mass is 9.91. The molecule has 0 radical (unpaired) electrons. The van der Waals surface area contributed by atoms with Crippen molar-refractivity contribution in [1.82, 2.24) is 0 Å². The van der Waals surface area contributed by atoms with Gasteiger partial charge < -0.3 is 5.73 Å². The van der Waals surface area contributed by atoms with Crippen LogP contribution in [0.5, 0.6) is 0 Å². The fraction of sp³-hybridized carbons (Fsp3) is 1.00. The molecule has 1 fully saturated rings. The van der Waals surface area contributed by atoms with E-state index in [0.717, 1.165) is 0 Å². The Hall–Kier alpha value is -0.0400. The standard InChI is InChI=1S/C15H31N/c1-2-3-4-5-6-7-8-9-12-15(16)13-10-11-14-15/h2-14,16H2,1H3. The molecule has 0 aliphatic heterocycles.